The molecule has 3 heteroatoms. The molecule has 0 aliphatic heterocycles. The molecule has 1 aliphatic carbocycles. The van der Waals surface area contributed by atoms with Crippen LogP contribution < -0.4 is 5.32 Å². The summed E-state index contributed by atoms with van der Waals surface area (Å²) < 4.78 is 0. The van der Waals surface area contributed by atoms with E-state index in [-0.39, 0.29) is 12.5 Å². The summed E-state index contributed by atoms with van der Waals surface area (Å²) in [7, 11) is 0. The molecule has 0 heterocycles. The van der Waals surface area contributed by atoms with E-state index in [4.69, 9.17) is 5.11 Å². The molecule has 0 fully saturated rings. The molecule has 1 atom stereocenters. The number of aliphatic hydroxyl groups is 1. The lowest BCUT2D eigenvalue weighted by Gasteiger charge is -2.09. The number of carbonyl (C=O) groups excluding carboxylic acids is 1. The van der Waals surface area contributed by atoms with Gasteiger partial charge in [-0.15, -0.1) is 0 Å². The van der Waals surface area contributed by atoms with E-state index in [1.165, 1.54) is 0 Å². The van der Waals surface area contributed by atoms with Gasteiger partial charge in [-0.3, -0.25) is 4.79 Å². The molecular weight excluding hydrogens is 214 g/mol. The molecule has 1 amide bonds. The zero-order chi connectivity index (χ0) is 12.1. The fraction of sp³-hybridized carbons (Fsp3) is 0.357. The van der Waals surface area contributed by atoms with E-state index >= 15 is 0 Å². The molecular formula is C14H17NO2. The van der Waals surface area contributed by atoms with E-state index in [0.29, 0.717) is 12.3 Å². The van der Waals surface area contributed by atoms with Gasteiger partial charge in [0.15, 0.2) is 0 Å². The van der Waals surface area contributed by atoms with E-state index in [2.05, 4.69) is 17.5 Å². The van der Waals surface area contributed by atoms with Crippen LogP contribution in [-0.4, -0.2) is 11.0 Å². The summed E-state index contributed by atoms with van der Waals surface area (Å²) in [4.78, 5) is 11.8. The maximum atomic E-state index is 11.8. The summed E-state index contributed by atoms with van der Waals surface area (Å²) in [5.41, 5.74) is 1.56. The Bertz CT molecular complexity index is 426. The van der Waals surface area contributed by atoms with Crippen LogP contribution in [0.25, 0.3) is 0 Å². The Labute approximate surface area is 101 Å². The summed E-state index contributed by atoms with van der Waals surface area (Å²) >= 11 is 0. The van der Waals surface area contributed by atoms with E-state index < -0.39 is 0 Å². The standard InChI is InChI=1S/C14H17NO2/c16-10-12-6-3-7-13(8-12)15-14(17)9-11-4-1-2-5-11/h1,3-4,6-8,11,16H,2,5,9-10H2,(H,15,17). The molecule has 1 unspecified atom stereocenters. The minimum Gasteiger partial charge on any atom is -0.392 e. The first-order valence-electron chi connectivity index (χ1n) is 5.94. The molecule has 2 N–H and O–H groups in total. The number of amides is 1. The third-order valence-electron chi connectivity index (χ3n) is 2.95. The van der Waals surface area contributed by atoms with Crippen molar-refractivity contribution in [3.05, 3.63) is 42.0 Å². The van der Waals surface area contributed by atoms with Gasteiger partial charge in [-0.05, 0) is 36.5 Å². The van der Waals surface area contributed by atoms with Crippen molar-refractivity contribution >= 4 is 11.6 Å². The summed E-state index contributed by atoms with van der Waals surface area (Å²) in [5, 5.41) is 11.9. The van der Waals surface area contributed by atoms with Gasteiger partial charge in [0.2, 0.25) is 5.91 Å². The number of rotatable bonds is 4. The third-order valence-corrected chi connectivity index (χ3v) is 2.95. The van der Waals surface area contributed by atoms with E-state index in [1.807, 2.05) is 18.2 Å². The van der Waals surface area contributed by atoms with Crippen LogP contribution in [0.15, 0.2) is 36.4 Å². The second-order valence-electron chi connectivity index (χ2n) is 4.38. The molecule has 0 aromatic heterocycles. The molecule has 90 valence electrons. The summed E-state index contributed by atoms with van der Waals surface area (Å²) in [6, 6.07) is 7.29. The van der Waals surface area contributed by atoms with Crippen molar-refractivity contribution in [1.29, 1.82) is 0 Å². The molecule has 2 rings (SSSR count). The summed E-state index contributed by atoms with van der Waals surface area (Å²) in [6.07, 6.45) is 6.94. The average Bonchev–Trinajstić information content (AvgIpc) is 2.82. The fourth-order valence-corrected chi connectivity index (χ4v) is 2.06. The number of hydrogen-bond donors (Lipinski definition) is 2. The Morgan fingerprint density at radius 1 is 1.47 bits per heavy atom. The normalized spacial score (nSPS) is 18.3. The lowest BCUT2D eigenvalue weighted by atomic mass is 10.0. The maximum Gasteiger partial charge on any atom is 0.224 e. The zero-order valence-corrected chi connectivity index (χ0v) is 9.73. The molecule has 17 heavy (non-hydrogen) atoms. The van der Waals surface area contributed by atoms with Crippen molar-refractivity contribution in [1.82, 2.24) is 0 Å². The van der Waals surface area contributed by atoms with Gasteiger partial charge in [-0.1, -0.05) is 24.3 Å². The fourth-order valence-electron chi connectivity index (χ4n) is 2.06. The zero-order valence-electron chi connectivity index (χ0n) is 9.73. The van der Waals surface area contributed by atoms with Crippen molar-refractivity contribution in [3.63, 3.8) is 0 Å². The molecule has 0 saturated carbocycles. The first-order valence-corrected chi connectivity index (χ1v) is 5.94. The molecule has 1 aromatic rings. The van der Waals surface area contributed by atoms with Gasteiger partial charge >= 0.3 is 0 Å². The van der Waals surface area contributed by atoms with E-state index in [0.717, 1.165) is 24.1 Å². The van der Waals surface area contributed by atoms with Crippen LogP contribution in [0.1, 0.15) is 24.8 Å². The van der Waals surface area contributed by atoms with Gasteiger partial charge in [0.05, 0.1) is 6.61 Å². The van der Waals surface area contributed by atoms with E-state index in [1.54, 1.807) is 6.07 Å². The quantitative estimate of drug-likeness (QED) is 0.782. The lowest BCUT2D eigenvalue weighted by Crippen LogP contribution is -2.14. The number of allylic oxidation sites excluding steroid dienone is 2. The number of anilines is 1. The Kier molecular flexibility index (Phi) is 3.94. The van der Waals surface area contributed by atoms with Crippen LogP contribution in [0.4, 0.5) is 5.69 Å². The van der Waals surface area contributed by atoms with Crippen LogP contribution in [-0.2, 0) is 11.4 Å². The van der Waals surface area contributed by atoms with Crippen LogP contribution in [0.2, 0.25) is 0 Å². The largest absolute Gasteiger partial charge is 0.392 e. The van der Waals surface area contributed by atoms with Gasteiger partial charge in [-0.25, -0.2) is 0 Å². The Hall–Kier alpha value is -1.61. The molecule has 1 aliphatic rings. The van der Waals surface area contributed by atoms with Gasteiger partial charge in [-0.2, -0.15) is 0 Å². The minimum absolute atomic E-state index is 0.00489. The topological polar surface area (TPSA) is 49.3 Å². The molecule has 0 bridgehead atoms. The number of benzene rings is 1. The van der Waals surface area contributed by atoms with Crippen LogP contribution in [0.3, 0.4) is 0 Å². The first-order chi connectivity index (χ1) is 8.28. The molecule has 1 aromatic carbocycles. The second-order valence-corrected chi connectivity index (χ2v) is 4.38. The molecule has 0 radical (unpaired) electrons. The van der Waals surface area contributed by atoms with Crippen LogP contribution >= 0.6 is 0 Å². The highest BCUT2D eigenvalue weighted by Crippen LogP contribution is 2.21. The lowest BCUT2D eigenvalue weighted by molar-refractivity contribution is -0.116. The van der Waals surface area contributed by atoms with Crippen molar-refractivity contribution in [2.75, 3.05) is 5.32 Å². The number of carbonyl (C=O) groups is 1. The number of hydrogen-bond acceptors (Lipinski definition) is 2. The Morgan fingerprint density at radius 2 is 2.35 bits per heavy atom. The molecule has 3 nitrogen and oxygen atoms in total. The van der Waals surface area contributed by atoms with E-state index in [9.17, 15) is 4.79 Å². The third kappa shape index (κ3) is 3.43. The smallest absolute Gasteiger partial charge is 0.224 e. The number of nitrogens with one attached hydrogen (secondary N) is 1. The Balaban J connectivity index is 1.90. The second kappa shape index (κ2) is 5.64. The minimum atomic E-state index is -0.00489. The maximum absolute atomic E-state index is 11.8. The predicted molar refractivity (Wildman–Crippen MR) is 67.5 cm³/mol. The van der Waals surface area contributed by atoms with Crippen LogP contribution in [0, 0.1) is 5.92 Å². The average molecular weight is 231 g/mol. The van der Waals surface area contributed by atoms with Crippen LogP contribution in [0.5, 0.6) is 0 Å². The summed E-state index contributed by atoms with van der Waals surface area (Å²) in [5.74, 6) is 0.424. The highest BCUT2D eigenvalue weighted by atomic mass is 16.3. The molecule has 0 spiro atoms. The van der Waals surface area contributed by atoms with Gasteiger partial charge in [0, 0.05) is 12.1 Å². The monoisotopic (exact) mass is 231 g/mol. The van der Waals surface area contributed by atoms with Crippen molar-refractivity contribution in [2.24, 2.45) is 5.92 Å². The van der Waals surface area contributed by atoms with Gasteiger partial charge in [0.1, 0.15) is 0 Å². The number of aliphatic hydroxyl groups excluding tert-OH is 1. The van der Waals surface area contributed by atoms with Gasteiger partial charge in [0.25, 0.3) is 0 Å². The first kappa shape index (κ1) is 11.9. The highest BCUT2D eigenvalue weighted by Gasteiger charge is 2.13. The molecule has 0 saturated heterocycles. The summed E-state index contributed by atoms with van der Waals surface area (Å²) in [6.45, 7) is -0.00489. The van der Waals surface area contributed by atoms with Crippen molar-refractivity contribution in [3.8, 4) is 0 Å². The van der Waals surface area contributed by atoms with Crippen molar-refractivity contribution in [2.45, 2.75) is 25.9 Å². The van der Waals surface area contributed by atoms with Gasteiger partial charge < -0.3 is 10.4 Å². The SMILES string of the molecule is O=C(CC1C=CCC1)Nc1cccc(CO)c1. The Morgan fingerprint density at radius 3 is 3.06 bits per heavy atom. The predicted octanol–water partition coefficient (Wildman–Crippen LogP) is 2.47. The highest BCUT2D eigenvalue weighted by molar-refractivity contribution is 5.91. The van der Waals surface area contributed by atoms with Crippen molar-refractivity contribution < 1.29 is 9.90 Å².